The Balaban J connectivity index is 2.55. The molecule has 1 heterocycles. The summed E-state index contributed by atoms with van der Waals surface area (Å²) in [7, 11) is 0. The SMILES string of the molecule is CC1CN(C(=O)C#CBr)CC1C. The van der Waals surface area contributed by atoms with Crippen LogP contribution in [0.15, 0.2) is 0 Å². The van der Waals surface area contributed by atoms with Crippen molar-refractivity contribution in [3.05, 3.63) is 0 Å². The van der Waals surface area contributed by atoms with Crippen LogP contribution in [-0.2, 0) is 4.79 Å². The molecular formula is C9H12BrNO. The van der Waals surface area contributed by atoms with E-state index in [9.17, 15) is 4.79 Å². The summed E-state index contributed by atoms with van der Waals surface area (Å²) in [5, 5.41) is 0. The van der Waals surface area contributed by atoms with Crippen molar-refractivity contribution in [3.63, 3.8) is 0 Å². The first-order valence-electron chi connectivity index (χ1n) is 4.05. The predicted octanol–water partition coefficient (Wildman–Crippen LogP) is 1.46. The van der Waals surface area contributed by atoms with E-state index in [1.807, 2.05) is 4.90 Å². The molecule has 0 aromatic carbocycles. The first-order valence-corrected chi connectivity index (χ1v) is 4.85. The average Bonchev–Trinajstić information content (AvgIpc) is 2.33. The van der Waals surface area contributed by atoms with E-state index in [1.54, 1.807) is 0 Å². The third-order valence-corrected chi connectivity index (χ3v) is 2.63. The van der Waals surface area contributed by atoms with Crippen molar-refractivity contribution in [1.29, 1.82) is 0 Å². The Hall–Kier alpha value is -0.490. The molecule has 66 valence electrons. The van der Waals surface area contributed by atoms with E-state index in [0.717, 1.165) is 13.1 Å². The summed E-state index contributed by atoms with van der Waals surface area (Å²) in [6, 6.07) is 0. The van der Waals surface area contributed by atoms with Crippen molar-refractivity contribution < 1.29 is 4.79 Å². The summed E-state index contributed by atoms with van der Waals surface area (Å²) < 4.78 is 0. The first-order chi connectivity index (χ1) is 5.65. The van der Waals surface area contributed by atoms with Crippen LogP contribution in [0.4, 0.5) is 0 Å². The molecule has 2 unspecified atom stereocenters. The van der Waals surface area contributed by atoms with Gasteiger partial charge in [0.15, 0.2) is 0 Å². The molecule has 12 heavy (non-hydrogen) atoms. The van der Waals surface area contributed by atoms with Crippen molar-refractivity contribution >= 4 is 21.8 Å². The second kappa shape index (κ2) is 3.95. The number of likely N-dealkylation sites (tertiary alicyclic amines) is 1. The molecule has 0 saturated carbocycles. The molecule has 2 nitrogen and oxygen atoms in total. The fraction of sp³-hybridized carbons (Fsp3) is 0.667. The van der Waals surface area contributed by atoms with Crippen LogP contribution in [-0.4, -0.2) is 23.9 Å². The van der Waals surface area contributed by atoms with Gasteiger partial charge in [0, 0.05) is 34.9 Å². The second-order valence-corrected chi connectivity index (χ2v) is 3.78. The lowest BCUT2D eigenvalue weighted by Crippen LogP contribution is -2.27. The van der Waals surface area contributed by atoms with E-state index in [4.69, 9.17) is 0 Å². The molecule has 1 aliphatic heterocycles. The van der Waals surface area contributed by atoms with Gasteiger partial charge < -0.3 is 4.90 Å². The lowest BCUT2D eigenvalue weighted by atomic mass is 10.0. The standard InChI is InChI=1S/C9H12BrNO/c1-7-5-11(6-8(7)2)9(12)3-4-10/h7-8H,5-6H2,1-2H3. The van der Waals surface area contributed by atoms with Crippen molar-refractivity contribution in [2.24, 2.45) is 11.8 Å². The summed E-state index contributed by atoms with van der Waals surface area (Å²) in [5.41, 5.74) is 0. The van der Waals surface area contributed by atoms with Gasteiger partial charge in [-0.1, -0.05) is 13.8 Å². The largest absolute Gasteiger partial charge is 0.331 e. The molecule has 0 aromatic heterocycles. The van der Waals surface area contributed by atoms with E-state index in [-0.39, 0.29) is 5.91 Å². The summed E-state index contributed by atoms with van der Waals surface area (Å²) in [4.78, 5) is 15.5. The minimum absolute atomic E-state index is 0.0666. The minimum Gasteiger partial charge on any atom is -0.331 e. The van der Waals surface area contributed by atoms with Gasteiger partial charge in [-0.2, -0.15) is 0 Å². The van der Waals surface area contributed by atoms with Crippen LogP contribution in [0.2, 0.25) is 0 Å². The molecule has 0 radical (unpaired) electrons. The van der Waals surface area contributed by atoms with E-state index < -0.39 is 0 Å². The Kier molecular flexibility index (Phi) is 3.16. The van der Waals surface area contributed by atoms with Gasteiger partial charge in [0.05, 0.1) is 0 Å². The lowest BCUT2D eigenvalue weighted by Gasteiger charge is -2.10. The number of halogens is 1. The van der Waals surface area contributed by atoms with E-state index in [1.165, 1.54) is 0 Å². The summed E-state index contributed by atoms with van der Waals surface area (Å²) in [6.45, 7) is 6.03. The number of carbonyl (C=O) groups excluding carboxylic acids is 1. The molecule has 0 spiro atoms. The van der Waals surface area contributed by atoms with Crippen LogP contribution in [0.1, 0.15) is 13.8 Å². The molecule has 0 aliphatic carbocycles. The summed E-state index contributed by atoms with van der Waals surface area (Å²) in [6.07, 6.45) is 0. The molecule has 1 aliphatic rings. The van der Waals surface area contributed by atoms with Crippen LogP contribution in [0.25, 0.3) is 0 Å². The highest BCUT2D eigenvalue weighted by Crippen LogP contribution is 2.21. The molecule has 0 bridgehead atoms. The minimum atomic E-state index is -0.0666. The van der Waals surface area contributed by atoms with Gasteiger partial charge in [-0.25, -0.2) is 0 Å². The zero-order valence-corrected chi connectivity index (χ0v) is 8.89. The third-order valence-electron chi connectivity index (χ3n) is 2.43. The van der Waals surface area contributed by atoms with Crippen molar-refractivity contribution in [1.82, 2.24) is 4.90 Å². The van der Waals surface area contributed by atoms with Gasteiger partial charge >= 0.3 is 0 Å². The van der Waals surface area contributed by atoms with Gasteiger partial charge in [-0.15, -0.1) is 0 Å². The zero-order chi connectivity index (χ0) is 9.14. The molecule has 1 amide bonds. The number of nitrogens with zero attached hydrogens (tertiary/aromatic N) is 1. The predicted molar refractivity (Wildman–Crippen MR) is 51.6 cm³/mol. The Morgan fingerprint density at radius 2 is 1.92 bits per heavy atom. The van der Waals surface area contributed by atoms with Crippen molar-refractivity contribution in [2.75, 3.05) is 13.1 Å². The summed E-state index contributed by atoms with van der Waals surface area (Å²) in [5.74, 6) is 3.62. The Labute approximate surface area is 81.4 Å². The summed E-state index contributed by atoms with van der Waals surface area (Å²) >= 11 is 2.92. The van der Waals surface area contributed by atoms with Crippen LogP contribution < -0.4 is 0 Å². The number of amides is 1. The van der Waals surface area contributed by atoms with Crippen molar-refractivity contribution in [2.45, 2.75) is 13.8 Å². The topological polar surface area (TPSA) is 20.3 Å². The maximum absolute atomic E-state index is 11.3. The maximum atomic E-state index is 11.3. The van der Waals surface area contributed by atoms with Crippen LogP contribution >= 0.6 is 15.9 Å². The number of hydrogen-bond donors (Lipinski definition) is 0. The quantitative estimate of drug-likeness (QED) is 0.577. The Bertz CT molecular complexity index is 231. The Morgan fingerprint density at radius 1 is 1.42 bits per heavy atom. The fourth-order valence-corrected chi connectivity index (χ4v) is 1.58. The highest BCUT2D eigenvalue weighted by Gasteiger charge is 2.28. The highest BCUT2D eigenvalue weighted by molar-refractivity contribution is 9.12. The normalized spacial score (nSPS) is 28.1. The molecule has 0 N–H and O–H groups in total. The number of hydrogen-bond acceptors (Lipinski definition) is 1. The third kappa shape index (κ3) is 2.01. The molecular weight excluding hydrogens is 218 g/mol. The molecule has 3 heteroatoms. The fourth-order valence-electron chi connectivity index (χ4n) is 1.41. The maximum Gasteiger partial charge on any atom is 0.299 e. The van der Waals surface area contributed by atoms with E-state index in [2.05, 4.69) is 40.5 Å². The molecule has 0 aromatic rings. The van der Waals surface area contributed by atoms with E-state index >= 15 is 0 Å². The lowest BCUT2D eigenvalue weighted by molar-refractivity contribution is -0.124. The van der Waals surface area contributed by atoms with Crippen LogP contribution in [0, 0.1) is 22.6 Å². The van der Waals surface area contributed by atoms with Gasteiger partial charge in [0.25, 0.3) is 5.91 Å². The first kappa shape index (κ1) is 9.60. The van der Waals surface area contributed by atoms with Gasteiger partial charge in [0.2, 0.25) is 0 Å². The molecule has 2 atom stereocenters. The monoisotopic (exact) mass is 229 g/mol. The van der Waals surface area contributed by atoms with Crippen LogP contribution in [0.3, 0.4) is 0 Å². The zero-order valence-electron chi connectivity index (χ0n) is 7.30. The Morgan fingerprint density at radius 3 is 2.33 bits per heavy atom. The number of carbonyl (C=O) groups is 1. The van der Waals surface area contributed by atoms with E-state index in [0.29, 0.717) is 11.8 Å². The van der Waals surface area contributed by atoms with Crippen LogP contribution in [0.5, 0.6) is 0 Å². The second-order valence-electron chi connectivity index (χ2n) is 3.38. The van der Waals surface area contributed by atoms with Gasteiger partial charge in [0.1, 0.15) is 0 Å². The average molecular weight is 230 g/mol. The van der Waals surface area contributed by atoms with Gasteiger partial charge in [-0.3, -0.25) is 4.79 Å². The smallest absolute Gasteiger partial charge is 0.299 e. The van der Waals surface area contributed by atoms with Crippen molar-refractivity contribution in [3.8, 4) is 10.8 Å². The molecule has 1 fully saturated rings. The molecule has 1 rings (SSSR count). The molecule has 1 saturated heterocycles. The number of rotatable bonds is 0. The van der Waals surface area contributed by atoms with Gasteiger partial charge in [-0.05, 0) is 16.7 Å². The highest BCUT2D eigenvalue weighted by atomic mass is 79.9.